The molecule has 220 valence electrons. The molecule has 2 heterocycles. The number of benzene rings is 2. The molecule has 2 aliphatic heterocycles. The van der Waals surface area contributed by atoms with Gasteiger partial charge in [-0.1, -0.05) is 98.4 Å². The van der Waals surface area contributed by atoms with Crippen LogP contribution in [0.5, 0.6) is 0 Å². The first-order valence-electron chi connectivity index (χ1n) is 15.1. The highest BCUT2D eigenvalue weighted by Gasteiger charge is 2.31. The summed E-state index contributed by atoms with van der Waals surface area (Å²) in [7, 11) is 4.46. The molecule has 0 bridgehead atoms. The maximum atomic E-state index is 4.50. The summed E-state index contributed by atoms with van der Waals surface area (Å²) in [4.78, 5) is 3.99. The highest BCUT2D eigenvalue weighted by molar-refractivity contribution is 6.50. The predicted molar refractivity (Wildman–Crippen MR) is 180 cm³/mol. The van der Waals surface area contributed by atoms with Gasteiger partial charge in [-0.3, -0.25) is 0 Å². The molecule has 0 aliphatic carbocycles. The summed E-state index contributed by atoms with van der Waals surface area (Å²) in [6.07, 6.45) is 2.26. The van der Waals surface area contributed by atoms with Crippen molar-refractivity contribution >= 4 is 21.2 Å². The maximum Gasteiger partial charge on any atom is 0.342 e. The standard InChI is InChI=1S/C29H40N2Si.C7H12N2/c1-18(2)24-13-11-14-25(19(3)4)28(24)30-22(9)17-23(10)31(32-30)29-26(20(5)6)15-12-16-27(29)21(7)8;1-6-7(2)9(4)5-8(6)3/h11-21H,9H2,1-8,10H3;1-4H3. The lowest BCUT2D eigenvalue weighted by atomic mass is 9.92. The summed E-state index contributed by atoms with van der Waals surface area (Å²) in [5.74, 6) is 1.84. The molecule has 0 atom stereocenters. The van der Waals surface area contributed by atoms with Crippen LogP contribution in [0, 0.1) is 6.67 Å². The van der Waals surface area contributed by atoms with Crippen LogP contribution in [-0.2, 0) is 0 Å². The Hall–Kier alpha value is -2.92. The molecule has 41 heavy (non-hydrogen) atoms. The van der Waals surface area contributed by atoms with Gasteiger partial charge in [-0.2, -0.15) is 0 Å². The number of nitrogens with zero attached hydrogens (tertiary/aromatic N) is 4. The van der Waals surface area contributed by atoms with Crippen LogP contribution in [-0.4, -0.2) is 33.7 Å². The molecule has 0 aromatic heterocycles. The minimum Gasteiger partial charge on any atom is -0.353 e. The molecule has 0 saturated carbocycles. The monoisotopic (exact) mass is 568 g/mol. The zero-order chi connectivity index (χ0) is 30.8. The summed E-state index contributed by atoms with van der Waals surface area (Å²) < 4.78 is 5.01. The highest BCUT2D eigenvalue weighted by atomic mass is 28.2. The summed E-state index contributed by atoms with van der Waals surface area (Å²) >= 11 is 0. The summed E-state index contributed by atoms with van der Waals surface area (Å²) in [6, 6.07) is 13.6. The second-order valence-electron chi connectivity index (χ2n) is 12.6. The first kappa shape index (κ1) is 32.6. The van der Waals surface area contributed by atoms with E-state index in [1.165, 1.54) is 50.7 Å². The van der Waals surface area contributed by atoms with Gasteiger partial charge >= 0.3 is 9.84 Å². The van der Waals surface area contributed by atoms with Gasteiger partial charge < -0.3 is 18.9 Å². The van der Waals surface area contributed by atoms with Gasteiger partial charge in [-0.25, -0.2) is 0 Å². The lowest BCUT2D eigenvalue weighted by molar-refractivity contribution is 0.408. The lowest BCUT2D eigenvalue weighted by Gasteiger charge is -2.41. The van der Waals surface area contributed by atoms with E-state index in [4.69, 9.17) is 0 Å². The third-order valence-corrected chi connectivity index (χ3v) is 9.66. The molecule has 0 N–H and O–H groups in total. The molecular weight excluding hydrogens is 517 g/mol. The Kier molecular flexibility index (Phi) is 10.6. The largest absolute Gasteiger partial charge is 0.353 e. The van der Waals surface area contributed by atoms with Crippen molar-refractivity contribution in [2.75, 3.05) is 23.2 Å². The van der Waals surface area contributed by atoms with Crippen LogP contribution in [0.3, 0.4) is 0 Å². The van der Waals surface area contributed by atoms with E-state index in [-0.39, 0.29) is 0 Å². The number of anilines is 2. The van der Waals surface area contributed by atoms with Crippen LogP contribution < -0.4 is 9.13 Å². The molecule has 4 nitrogen and oxygen atoms in total. The molecule has 0 fully saturated rings. The normalized spacial score (nSPS) is 16.0. The second-order valence-corrected chi connectivity index (χ2v) is 13.7. The van der Waals surface area contributed by atoms with E-state index >= 15 is 0 Å². The molecule has 2 aliphatic rings. The average Bonchev–Trinajstić information content (AvgIpc) is 3.13. The zero-order valence-corrected chi connectivity index (χ0v) is 28.8. The molecule has 5 heteroatoms. The minimum atomic E-state index is 0.455. The van der Waals surface area contributed by atoms with E-state index in [0.717, 1.165) is 5.70 Å². The van der Waals surface area contributed by atoms with Crippen LogP contribution in [0.25, 0.3) is 0 Å². The average molecular weight is 569 g/mol. The molecule has 0 spiro atoms. The molecule has 0 amide bonds. The molecule has 4 rings (SSSR count). The molecule has 0 saturated heterocycles. The Morgan fingerprint density at radius 3 is 1.24 bits per heavy atom. The van der Waals surface area contributed by atoms with E-state index in [1.54, 1.807) is 0 Å². The zero-order valence-electron chi connectivity index (χ0n) is 27.8. The topological polar surface area (TPSA) is 13.0 Å². The number of para-hydroxylation sites is 2. The highest BCUT2D eigenvalue weighted by Crippen LogP contribution is 2.42. The molecule has 0 unspecified atom stereocenters. The number of hydrogen-bond acceptors (Lipinski definition) is 4. The van der Waals surface area contributed by atoms with Gasteiger partial charge in [0, 0.05) is 48.3 Å². The van der Waals surface area contributed by atoms with Crippen LogP contribution in [0.15, 0.2) is 71.8 Å². The number of rotatable bonds is 6. The van der Waals surface area contributed by atoms with E-state index in [1.807, 2.05) is 23.9 Å². The Balaban J connectivity index is 0.000000436. The smallest absolute Gasteiger partial charge is 0.342 e. The van der Waals surface area contributed by atoms with Gasteiger partial charge in [0.05, 0.1) is 0 Å². The van der Waals surface area contributed by atoms with E-state index in [0.29, 0.717) is 33.5 Å². The van der Waals surface area contributed by atoms with Crippen molar-refractivity contribution in [3.63, 3.8) is 0 Å². The quantitative estimate of drug-likeness (QED) is 0.322. The van der Waals surface area contributed by atoms with E-state index in [9.17, 15) is 0 Å². The van der Waals surface area contributed by atoms with Gasteiger partial charge in [0.2, 0.25) is 6.67 Å². The Labute approximate surface area is 254 Å². The molecular formula is C36H52N4Si. The fourth-order valence-electron chi connectivity index (χ4n) is 5.43. The number of hydrogen-bond donors (Lipinski definition) is 0. The van der Waals surface area contributed by atoms with Crippen molar-refractivity contribution in [3.05, 3.63) is 101 Å². The van der Waals surface area contributed by atoms with Gasteiger partial charge in [-0.05, 0) is 72.8 Å². The summed E-state index contributed by atoms with van der Waals surface area (Å²) in [5.41, 5.74) is 13.3. The Morgan fingerprint density at radius 1 is 0.610 bits per heavy atom. The molecule has 2 aromatic carbocycles. The fraction of sp³-hybridized carbons (Fsp3) is 0.472. The van der Waals surface area contributed by atoms with Crippen molar-refractivity contribution < 1.29 is 0 Å². The SMILES string of the molecule is C=C1C=C(C)N(c2c(C(C)C)cccc2C(C)C)[Si]N1c1c(C(C)C)cccc1C(C)C.CC1=C(C)N(C)[C]N1C. The van der Waals surface area contributed by atoms with Gasteiger partial charge in [0.1, 0.15) is 0 Å². The van der Waals surface area contributed by atoms with Crippen molar-refractivity contribution in [2.45, 2.75) is 99.8 Å². The van der Waals surface area contributed by atoms with Gasteiger partial charge in [-0.15, -0.1) is 0 Å². The van der Waals surface area contributed by atoms with Crippen molar-refractivity contribution in [1.82, 2.24) is 9.80 Å². The third-order valence-electron chi connectivity index (χ3n) is 8.18. The number of allylic oxidation sites excluding steroid dienone is 4. The van der Waals surface area contributed by atoms with Crippen molar-refractivity contribution in [3.8, 4) is 0 Å². The van der Waals surface area contributed by atoms with E-state index < -0.39 is 0 Å². The van der Waals surface area contributed by atoms with Crippen LogP contribution in [0.2, 0.25) is 0 Å². The minimum absolute atomic E-state index is 0.455. The van der Waals surface area contributed by atoms with Crippen LogP contribution >= 0.6 is 0 Å². The lowest BCUT2D eigenvalue weighted by Crippen LogP contribution is -2.45. The molecule has 4 radical (unpaired) electrons. The Morgan fingerprint density at radius 2 is 0.951 bits per heavy atom. The first-order valence-corrected chi connectivity index (χ1v) is 16.0. The summed E-state index contributed by atoms with van der Waals surface area (Å²) in [5, 5.41) is 0. The predicted octanol–water partition coefficient (Wildman–Crippen LogP) is 9.57. The van der Waals surface area contributed by atoms with E-state index in [2.05, 4.69) is 141 Å². The van der Waals surface area contributed by atoms with Crippen molar-refractivity contribution in [2.24, 2.45) is 0 Å². The third kappa shape index (κ3) is 6.94. The van der Waals surface area contributed by atoms with Gasteiger partial charge in [0.25, 0.3) is 0 Å². The fourth-order valence-corrected chi connectivity index (χ4v) is 6.77. The first-order chi connectivity index (χ1) is 19.2. The van der Waals surface area contributed by atoms with Gasteiger partial charge in [0.15, 0.2) is 0 Å². The Bertz CT molecular complexity index is 1230. The maximum absolute atomic E-state index is 4.50. The van der Waals surface area contributed by atoms with Crippen molar-refractivity contribution in [1.29, 1.82) is 0 Å². The van der Waals surface area contributed by atoms with Crippen LogP contribution in [0.4, 0.5) is 11.4 Å². The van der Waals surface area contributed by atoms with Crippen LogP contribution in [0.1, 0.15) is 122 Å². The second kappa shape index (κ2) is 13.4. The summed E-state index contributed by atoms with van der Waals surface area (Å²) in [6.45, 7) is 32.4. The molecule has 2 aromatic rings.